The van der Waals surface area contributed by atoms with Crippen molar-refractivity contribution in [2.75, 3.05) is 38.9 Å². The summed E-state index contributed by atoms with van der Waals surface area (Å²) in [6, 6.07) is 6.68. The number of anilines is 1. The van der Waals surface area contributed by atoms with Crippen LogP contribution < -0.4 is 15.0 Å². The number of aromatic nitrogens is 1. The number of carbonyl (C=O) groups is 4. The average molecular weight is 652 g/mol. The molecule has 2 fully saturated rings. The van der Waals surface area contributed by atoms with Crippen molar-refractivity contribution in [2.24, 2.45) is 11.3 Å². The summed E-state index contributed by atoms with van der Waals surface area (Å²) in [5.41, 5.74) is 0.425. The Labute approximate surface area is 270 Å². The van der Waals surface area contributed by atoms with Gasteiger partial charge in [-0.3, -0.25) is 19.3 Å². The van der Waals surface area contributed by atoms with Crippen LogP contribution >= 0.6 is 11.3 Å². The van der Waals surface area contributed by atoms with Gasteiger partial charge in [-0.05, 0) is 51.2 Å². The van der Waals surface area contributed by atoms with Crippen LogP contribution in [0.25, 0.3) is 10.8 Å². The molecule has 13 heteroatoms. The number of nitrogens with zero attached hydrogens (tertiary/aromatic N) is 2. The lowest BCUT2D eigenvalue weighted by Gasteiger charge is -2.49. The summed E-state index contributed by atoms with van der Waals surface area (Å²) in [5.74, 6) is -1.34. The minimum Gasteiger partial charge on any atom is -0.496 e. The first-order chi connectivity index (χ1) is 22.2. The normalized spacial score (nSPS) is 22.6. The van der Waals surface area contributed by atoms with E-state index in [0.717, 1.165) is 5.56 Å². The molecule has 6 rings (SSSR count). The lowest BCUT2D eigenvalue weighted by atomic mass is 9.56. The number of para-hydroxylation sites is 1. The number of oxazole rings is 1. The second kappa shape index (κ2) is 13.0. The van der Waals surface area contributed by atoms with Crippen LogP contribution in [0.15, 0.2) is 41.1 Å². The van der Waals surface area contributed by atoms with E-state index >= 15 is 0 Å². The van der Waals surface area contributed by atoms with Gasteiger partial charge in [-0.25, -0.2) is 9.78 Å². The Morgan fingerprint density at radius 1 is 1.17 bits per heavy atom. The minimum absolute atomic E-state index is 0.0180. The quantitative estimate of drug-likeness (QED) is 0.249. The largest absolute Gasteiger partial charge is 0.496 e. The highest BCUT2D eigenvalue weighted by atomic mass is 32.1. The molecule has 1 spiro atoms. The fraction of sp³-hybridized carbons (Fsp3) is 0.485. The number of esters is 1. The zero-order valence-corrected chi connectivity index (χ0v) is 27.0. The van der Waals surface area contributed by atoms with Gasteiger partial charge in [0.1, 0.15) is 34.6 Å². The maximum absolute atomic E-state index is 14.6. The number of nitrogens with one attached hydrogen (secondary N) is 1. The summed E-state index contributed by atoms with van der Waals surface area (Å²) in [7, 11) is 2.84. The topological polar surface area (TPSA) is 146 Å². The van der Waals surface area contributed by atoms with E-state index in [2.05, 4.69) is 10.3 Å². The summed E-state index contributed by atoms with van der Waals surface area (Å²) in [4.78, 5) is 60.6. The molecular formula is C33H37N3O9S. The van der Waals surface area contributed by atoms with Crippen LogP contribution in [0.4, 0.5) is 5.00 Å². The first-order valence-corrected chi connectivity index (χ1v) is 16.1. The Morgan fingerprint density at radius 3 is 2.59 bits per heavy atom. The first-order valence-electron chi connectivity index (χ1n) is 15.3. The molecule has 244 valence electrons. The van der Waals surface area contributed by atoms with Crippen molar-refractivity contribution in [3.63, 3.8) is 0 Å². The predicted octanol–water partition coefficient (Wildman–Crippen LogP) is 4.26. The van der Waals surface area contributed by atoms with Crippen molar-refractivity contribution in [1.29, 1.82) is 0 Å². The van der Waals surface area contributed by atoms with Crippen LogP contribution in [-0.4, -0.2) is 74.7 Å². The lowest BCUT2D eigenvalue weighted by Crippen LogP contribution is -2.62. The van der Waals surface area contributed by atoms with Crippen LogP contribution in [0.2, 0.25) is 0 Å². The highest BCUT2D eigenvalue weighted by molar-refractivity contribution is 7.20. The van der Waals surface area contributed by atoms with Gasteiger partial charge in [0.15, 0.2) is 5.78 Å². The fourth-order valence-corrected chi connectivity index (χ4v) is 7.85. The molecule has 0 radical (unpaired) electrons. The zero-order valence-electron chi connectivity index (χ0n) is 26.2. The van der Waals surface area contributed by atoms with Crippen molar-refractivity contribution < 1.29 is 42.5 Å². The molecule has 46 heavy (non-hydrogen) atoms. The number of ether oxygens (including phenoxy) is 4. The van der Waals surface area contributed by atoms with Gasteiger partial charge in [0, 0.05) is 24.7 Å². The lowest BCUT2D eigenvalue weighted by molar-refractivity contribution is -0.147. The number of fused-ring (bicyclic) bond motifs is 1. The van der Waals surface area contributed by atoms with Crippen molar-refractivity contribution in [2.45, 2.75) is 57.8 Å². The number of Topliss-reactive ketones (excluding diaryl/α,β-unsaturated/α-hetero) is 1. The maximum Gasteiger partial charge on any atom is 0.328 e. The van der Waals surface area contributed by atoms with E-state index in [9.17, 15) is 19.2 Å². The molecule has 12 nitrogen and oxygen atoms in total. The Morgan fingerprint density at radius 2 is 1.91 bits per heavy atom. The molecule has 0 unspecified atom stereocenters. The van der Waals surface area contributed by atoms with Crippen molar-refractivity contribution in [1.82, 2.24) is 10.3 Å². The van der Waals surface area contributed by atoms with E-state index in [-0.39, 0.29) is 37.2 Å². The molecule has 0 bridgehead atoms. The molecular weight excluding hydrogens is 614 g/mol. The fourth-order valence-electron chi connectivity index (χ4n) is 6.60. The van der Waals surface area contributed by atoms with Crippen LogP contribution in [-0.2, 0) is 28.6 Å². The van der Waals surface area contributed by atoms with E-state index in [1.165, 1.54) is 37.8 Å². The number of ketones is 1. The number of thiophene rings is 1. The maximum atomic E-state index is 14.6. The third kappa shape index (κ3) is 5.60. The number of methoxy groups -OCH3 is 2. The molecule has 2 aromatic heterocycles. The molecule has 2 amide bonds. The number of carbonyl (C=O) groups excluding carboxylic acids is 4. The molecule has 1 saturated carbocycles. The average Bonchev–Trinajstić information content (AvgIpc) is 3.70. The third-order valence-electron chi connectivity index (χ3n) is 9.15. The first kappa shape index (κ1) is 31.9. The standard InChI is InChI=1S/C33H37N3O9S/c1-18-25-27(37)33(15-20(16-33)28(38)35-19(2)31(39)42-4)32(40)36(30(25)46-26(18)29-34-11-14-44-29)17-24(45-21-9-12-43-13-10-21)22-7-5-6-8-23(22)41-3/h5-8,11,14,19-21,24H,9-10,12-13,15-17H2,1-4H3,(H,35,38)/t19-,20-,24+,33+/m1/s1. The van der Waals surface area contributed by atoms with Gasteiger partial charge in [0.2, 0.25) is 17.7 Å². The molecule has 1 N–H and O–H groups in total. The summed E-state index contributed by atoms with van der Waals surface area (Å²) < 4.78 is 28.3. The van der Waals surface area contributed by atoms with Crippen LogP contribution in [0, 0.1) is 18.3 Å². The van der Waals surface area contributed by atoms with Gasteiger partial charge < -0.3 is 28.7 Å². The minimum atomic E-state index is -1.44. The Hall–Kier alpha value is -4.07. The van der Waals surface area contributed by atoms with Gasteiger partial charge in [-0.15, -0.1) is 11.3 Å². The predicted molar refractivity (Wildman–Crippen MR) is 167 cm³/mol. The van der Waals surface area contributed by atoms with Crippen LogP contribution in [0.1, 0.15) is 60.2 Å². The second-order valence-corrected chi connectivity index (χ2v) is 12.9. The zero-order chi connectivity index (χ0) is 32.6. The smallest absolute Gasteiger partial charge is 0.328 e. The van der Waals surface area contributed by atoms with Crippen molar-refractivity contribution >= 4 is 39.9 Å². The van der Waals surface area contributed by atoms with Crippen LogP contribution in [0.5, 0.6) is 5.75 Å². The molecule has 1 aliphatic carbocycles. The van der Waals surface area contributed by atoms with Crippen molar-refractivity contribution in [3.8, 4) is 16.5 Å². The van der Waals surface area contributed by atoms with E-state index in [1.807, 2.05) is 31.2 Å². The Kier molecular flexibility index (Phi) is 8.99. The SMILES string of the molecule is COC(=O)[C@@H](C)NC(=O)[C@H]1C[C@@]2(C1)C(=O)c1c(sc(-c3ncco3)c1C)N(C[C@H](OC1CCOCC1)c1ccccc1OC)C2=O. The van der Waals surface area contributed by atoms with Crippen LogP contribution in [0.3, 0.4) is 0 Å². The monoisotopic (exact) mass is 651 g/mol. The van der Waals surface area contributed by atoms with Gasteiger partial charge in [-0.2, -0.15) is 0 Å². The summed E-state index contributed by atoms with van der Waals surface area (Å²) >= 11 is 1.28. The van der Waals surface area contributed by atoms with Gasteiger partial charge in [0.05, 0.1) is 43.5 Å². The summed E-state index contributed by atoms with van der Waals surface area (Å²) in [6.07, 6.45) is 3.76. The molecule has 1 aromatic carbocycles. The number of amides is 2. The molecule has 4 heterocycles. The number of hydrogen-bond acceptors (Lipinski definition) is 11. The molecule has 1 saturated heterocycles. The molecule has 2 atom stereocenters. The number of hydrogen-bond donors (Lipinski definition) is 1. The number of benzene rings is 1. The highest BCUT2D eigenvalue weighted by Crippen LogP contribution is 2.57. The summed E-state index contributed by atoms with van der Waals surface area (Å²) in [6.45, 7) is 4.62. The second-order valence-electron chi connectivity index (χ2n) is 11.9. The van der Waals surface area contributed by atoms with E-state index < -0.39 is 35.4 Å². The van der Waals surface area contributed by atoms with E-state index in [1.54, 1.807) is 12.0 Å². The third-order valence-corrected chi connectivity index (χ3v) is 10.5. The Bertz CT molecular complexity index is 1620. The molecule has 2 aliphatic heterocycles. The van der Waals surface area contributed by atoms with Gasteiger partial charge >= 0.3 is 5.97 Å². The van der Waals surface area contributed by atoms with Crippen molar-refractivity contribution in [3.05, 3.63) is 53.4 Å². The highest BCUT2D eigenvalue weighted by Gasteiger charge is 2.63. The van der Waals surface area contributed by atoms with Gasteiger partial charge in [-0.1, -0.05) is 18.2 Å². The Balaban J connectivity index is 1.38. The van der Waals surface area contributed by atoms with E-state index in [4.69, 9.17) is 23.4 Å². The summed E-state index contributed by atoms with van der Waals surface area (Å²) in [5, 5.41) is 3.14. The van der Waals surface area contributed by atoms with Gasteiger partial charge in [0.25, 0.3) is 0 Å². The number of rotatable bonds is 10. The molecule has 3 aromatic rings. The van der Waals surface area contributed by atoms with E-state index in [0.29, 0.717) is 58.7 Å². The molecule has 3 aliphatic rings.